The molecule has 0 spiro atoms. The first kappa shape index (κ1) is 29.6. The maximum atomic E-state index is 12.8. The van der Waals surface area contributed by atoms with Crippen LogP contribution in [0.1, 0.15) is 22.3 Å². The van der Waals surface area contributed by atoms with E-state index in [9.17, 15) is 14.7 Å². The Morgan fingerprint density at radius 3 is 2.64 bits per heavy atom. The summed E-state index contributed by atoms with van der Waals surface area (Å²) in [7, 11) is 2.99. The molecule has 5 rings (SSSR count). The third-order valence-corrected chi connectivity index (χ3v) is 7.74. The van der Waals surface area contributed by atoms with Crippen molar-refractivity contribution >= 4 is 34.8 Å². The molecule has 13 heteroatoms. The van der Waals surface area contributed by atoms with Crippen molar-refractivity contribution in [3.63, 3.8) is 0 Å². The molecule has 3 heterocycles. The largest absolute Gasteiger partial charge is 0.481 e. The van der Waals surface area contributed by atoms with Gasteiger partial charge in [0.2, 0.25) is 5.88 Å². The molecule has 2 atom stereocenters. The number of aryl methyl sites for hydroxylation is 1. The highest BCUT2D eigenvalue weighted by molar-refractivity contribution is 6.39. The van der Waals surface area contributed by atoms with Crippen LogP contribution in [0.25, 0.3) is 22.5 Å². The molecule has 1 aliphatic rings. The number of benzene rings is 2. The van der Waals surface area contributed by atoms with Gasteiger partial charge < -0.3 is 25.2 Å². The molecule has 2 unspecified atom stereocenters. The van der Waals surface area contributed by atoms with Gasteiger partial charge in [0.1, 0.15) is 5.56 Å². The molecule has 1 amide bonds. The first-order valence-electron chi connectivity index (χ1n) is 13.1. The SMILES string of the molecule is COc1nc(-c2cccc(-c3cccc(NC(=O)c4ccnn(C)c4=O)c3Cl)c2Cl)ncc1CNC1CCOCC1O. The van der Waals surface area contributed by atoms with E-state index in [1.165, 1.54) is 26.4 Å². The number of nitrogens with one attached hydrogen (secondary N) is 2. The lowest BCUT2D eigenvalue weighted by Gasteiger charge is -2.28. The topological polar surface area (TPSA) is 140 Å². The highest BCUT2D eigenvalue weighted by Gasteiger charge is 2.24. The first-order chi connectivity index (χ1) is 20.3. The van der Waals surface area contributed by atoms with Crippen molar-refractivity contribution in [3.8, 4) is 28.4 Å². The second-order valence-corrected chi connectivity index (χ2v) is 10.4. The van der Waals surface area contributed by atoms with E-state index in [2.05, 4.69) is 25.7 Å². The summed E-state index contributed by atoms with van der Waals surface area (Å²) in [5.41, 5.74) is 2.15. The van der Waals surface area contributed by atoms with Gasteiger partial charge in [0.05, 0.1) is 35.6 Å². The van der Waals surface area contributed by atoms with Gasteiger partial charge in [-0.2, -0.15) is 10.1 Å². The van der Waals surface area contributed by atoms with Crippen molar-refractivity contribution in [2.24, 2.45) is 7.05 Å². The summed E-state index contributed by atoms with van der Waals surface area (Å²) in [6, 6.07) is 11.8. The predicted octanol–water partition coefficient (Wildman–Crippen LogP) is 3.71. The molecule has 0 bridgehead atoms. The predicted molar refractivity (Wildman–Crippen MR) is 159 cm³/mol. The van der Waals surface area contributed by atoms with Crippen LogP contribution < -0.4 is 20.9 Å². The standard InChI is InChI=1S/C29H28Cl2N6O5/c1-37-29(40)20(9-11-34-37)27(39)35-22-8-4-6-18(25(22)31)17-5-3-7-19(24(17)30)26-33-14-16(28(36-26)41-2)13-32-21-10-12-42-15-23(21)38/h3-9,11,14,21,23,32,38H,10,12-13,15H2,1-2H3,(H,35,39). The fourth-order valence-corrected chi connectivity index (χ4v) is 5.23. The molecule has 4 aromatic rings. The van der Waals surface area contributed by atoms with Crippen molar-refractivity contribution < 1.29 is 19.4 Å². The summed E-state index contributed by atoms with van der Waals surface area (Å²) in [5.74, 6) is 0.112. The van der Waals surface area contributed by atoms with Gasteiger partial charge >= 0.3 is 0 Å². The van der Waals surface area contributed by atoms with E-state index in [-0.39, 0.29) is 16.6 Å². The molecule has 11 nitrogen and oxygen atoms in total. The van der Waals surface area contributed by atoms with E-state index in [1.54, 1.807) is 42.6 Å². The van der Waals surface area contributed by atoms with Gasteiger partial charge in [-0.05, 0) is 24.6 Å². The summed E-state index contributed by atoms with van der Waals surface area (Å²) < 4.78 is 11.9. The Bertz CT molecular complexity index is 1680. The van der Waals surface area contributed by atoms with Gasteiger partial charge in [-0.25, -0.2) is 9.67 Å². The van der Waals surface area contributed by atoms with Crippen LogP contribution in [0.5, 0.6) is 5.88 Å². The lowest BCUT2D eigenvalue weighted by atomic mass is 10.0. The number of hydrogen-bond acceptors (Lipinski definition) is 9. The fourth-order valence-electron chi connectivity index (χ4n) is 4.64. The average Bonchev–Trinajstić information content (AvgIpc) is 2.99. The maximum absolute atomic E-state index is 12.8. The molecule has 2 aromatic heterocycles. The molecular formula is C29H28Cl2N6O5. The number of aromatic nitrogens is 4. The number of carbonyl (C=O) groups is 1. The van der Waals surface area contributed by atoms with E-state index in [1.807, 2.05) is 0 Å². The Morgan fingerprint density at radius 1 is 1.14 bits per heavy atom. The van der Waals surface area contributed by atoms with Crippen molar-refractivity contribution in [1.82, 2.24) is 25.1 Å². The Balaban J connectivity index is 1.41. The summed E-state index contributed by atoms with van der Waals surface area (Å²) in [5, 5.41) is 20.6. The quantitative estimate of drug-likeness (QED) is 0.272. The number of anilines is 1. The zero-order valence-corrected chi connectivity index (χ0v) is 24.3. The zero-order chi connectivity index (χ0) is 29.8. The van der Waals surface area contributed by atoms with Gasteiger partial charge in [-0.15, -0.1) is 0 Å². The van der Waals surface area contributed by atoms with Crippen LogP contribution in [0, 0.1) is 0 Å². The Morgan fingerprint density at radius 2 is 1.88 bits per heavy atom. The molecule has 0 saturated carbocycles. The van der Waals surface area contributed by atoms with Crippen LogP contribution in [0.4, 0.5) is 5.69 Å². The summed E-state index contributed by atoms with van der Waals surface area (Å²) >= 11 is 13.6. The number of rotatable bonds is 8. The zero-order valence-electron chi connectivity index (χ0n) is 22.8. The van der Waals surface area contributed by atoms with Crippen LogP contribution in [-0.4, -0.2) is 63.2 Å². The van der Waals surface area contributed by atoms with Gasteiger partial charge in [-0.3, -0.25) is 9.59 Å². The highest BCUT2D eigenvalue weighted by Crippen LogP contribution is 2.41. The van der Waals surface area contributed by atoms with Crippen LogP contribution in [-0.2, 0) is 18.3 Å². The Hall–Kier alpha value is -3.87. The third-order valence-electron chi connectivity index (χ3n) is 6.93. The second kappa shape index (κ2) is 13.0. The molecule has 42 heavy (non-hydrogen) atoms. The number of aliphatic hydroxyl groups excluding tert-OH is 1. The lowest BCUT2D eigenvalue weighted by Crippen LogP contribution is -2.46. The van der Waals surface area contributed by atoms with Gasteiger partial charge in [-0.1, -0.05) is 47.5 Å². The smallest absolute Gasteiger partial charge is 0.279 e. The summed E-state index contributed by atoms with van der Waals surface area (Å²) in [6.45, 7) is 1.28. The average molecular weight is 611 g/mol. The molecule has 2 aromatic carbocycles. The van der Waals surface area contributed by atoms with Crippen molar-refractivity contribution in [2.75, 3.05) is 25.6 Å². The van der Waals surface area contributed by atoms with E-state index in [0.717, 1.165) is 10.2 Å². The fraction of sp³-hybridized carbons (Fsp3) is 0.276. The normalized spacial score (nSPS) is 16.7. The molecule has 1 saturated heterocycles. The number of amides is 1. The van der Waals surface area contributed by atoms with Crippen molar-refractivity contribution in [1.29, 1.82) is 0 Å². The Labute approximate surface area is 251 Å². The summed E-state index contributed by atoms with van der Waals surface area (Å²) in [6.07, 6.45) is 3.14. The highest BCUT2D eigenvalue weighted by atomic mass is 35.5. The molecule has 0 radical (unpaired) electrons. The minimum absolute atomic E-state index is 0.0670. The van der Waals surface area contributed by atoms with Gasteiger partial charge in [0.25, 0.3) is 11.5 Å². The monoisotopic (exact) mass is 610 g/mol. The van der Waals surface area contributed by atoms with E-state index in [0.29, 0.717) is 65.3 Å². The lowest BCUT2D eigenvalue weighted by molar-refractivity contribution is -0.0281. The number of ether oxygens (including phenoxy) is 2. The van der Waals surface area contributed by atoms with Crippen LogP contribution >= 0.6 is 23.2 Å². The number of halogens is 2. The third kappa shape index (κ3) is 6.15. The van der Waals surface area contributed by atoms with Crippen LogP contribution in [0.3, 0.4) is 0 Å². The molecule has 0 aliphatic carbocycles. The van der Waals surface area contributed by atoms with E-state index >= 15 is 0 Å². The minimum Gasteiger partial charge on any atom is -0.481 e. The van der Waals surface area contributed by atoms with Crippen molar-refractivity contribution in [3.05, 3.63) is 86.4 Å². The molecule has 218 valence electrons. The number of aliphatic hydroxyl groups is 1. The molecule has 1 aliphatic heterocycles. The number of carbonyl (C=O) groups excluding carboxylic acids is 1. The van der Waals surface area contributed by atoms with E-state index in [4.69, 9.17) is 32.7 Å². The first-order valence-corrected chi connectivity index (χ1v) is 13.8. The number of methoxy groups -OCH3 is 1. The molecular weight excluding hydrogens is 583 g/mol. The minimum atomic E-state index is -0.613. The maximum Gasteiger partial charge on any atom is 0.279 e. The van der Waals surface area contributed by atoms with Gasteiger partial charge in [0, 0.05) is 60.9 Å². The van der Waals surface area contributed by atoms with Crippen molar-refractivity contribution in [2.45, 2.75) is 25.1 Å². The number of hydrogen-bond donors (Lipinski definition) is 3. The Kier molecular flexibility index (Phi) is 9.15. The van der Waals surface area contributed by atoms with E-state index < -0.39 is 17.6 Å². The second-order valence-electron chi connectivity index (χ2n) is 9.61. The molecule has 3 N–H and O–H groups in total. The summed E-state index contributed by atoms with van der Waals surface area (Å²) in [4.78, 5) is 34.3. The molecule has 1 fully saturated rings. The number of nitrogens with zero attached hydrogens (tertiary/aromatic N) is 4. The van der Waals surface area contributed by atoms with Gasteiger partial charge in [0.15, 0.2) is 5.82 Å². The van der Waals surface area contributed by atoms with Crippen LogP contribution in [0.15, 0.2) is 59.7 Å². The van der Waals surface area contributed by atoms with Crippen LogP contribution in [0.2, 0.25) is 10.0 Å².